The summed E-state index contributed by atoms with van der Waals surface area (Å²) < 4.78 is 0. The van der Waals surface area contributed by atoms with Gasteiger partial charge in [0.25, 0.3) is 5.91 Å². The second-order valence-electron chi connectivity index (χ2n) is 10.3. The Bertz CT molecular complexity index is 1440. The molecule has 0 heterocycles. The van der Waals surface area contributed by atoms with Crippen LogP contribution in [0.2, 0.25) is 0 Å². The number of benzene rings is 2. The SMILES string of the molecule is Cc1ccc(-c2ccc(O)c3c2C[C@@H]2C[C@H]4[C@H](N(C)C)C(=O)C(C(N)=O)=C(O)[C@@]4(O)C(=O)C2=C3O)cc1. The molecule has 5 rings (SSSR count). The maximum absolute atomic E-state index is 13.9. The lowest BCUT2D eigenvalue weighted by Gasteiger charge is -2.50. The quantitative estimate of drug-likeness (QED) is 0.396. The third kappa shape index (κ3) is 3.34. The summed E-state index contributed by atoms with van der Waals surface area (Å²) in [6, 6.07) is 9.82. The first kappa shape index (κ1) is 24.7. The van der Waals surface area contributed by atoms with Crippen molar-refractivity contribution < 1.29 is 34.8 Å². The first-order valence-corrected chi connectivity index (χ1v) is 12.0. The Kier molecular flexibility index (Phi) is 5.54. The number of nitrogens with zero attached hydrogens (tertiary/aromatic N) is 1. The van der Waals surface area contributed by atoms with Gasteiger partial charge in [0.05, 0.1) is 11.6 Å². The Hall–Kier alpha value is -3.95. The highest BCUT2D eigenvalue weighted by atomic mass is 16.3. The molecule has 0 unspecified atom stereocenters. The van der Waals surface area contributed by atoms with E-state index in [4.69, 9.17) is 5.73 Å². The van der Waals surface area contributed by atoms with Crippen molar-refractivity contribution >= 4 is 23.2 Å². The van der Waals surface area contributed by atoms with E-state index >= 15 is 0 Å². The number of fused-ring (bicyclic) bond motifs is 3. The summed E-state index contributed by atoms with van der Waals surface area (Å²) in [5.74, 6) is -6.61. The number of aromatic hydroxyl groups is 1. The normalized spacial score (nSPS) is 27.2. The number of Topliss-reactive ketones (excluding diaryl/α,β-unsaturated/α-hetero) is 2. The van der Waals surface area contributed by atoms with Crippen LogP contribution in [-0.2, 0) is 20.8 Å². The smallest absolute Gasteiger partial charge is 0.255 e. The third-order valence-electron chi connectivity index (χ3n) is 7.97. The highest BCUT2D eigenvalue weighted by Crippen LogP contribution is 2.53. The number of aliphatic hydroxyl groups excluding tert-OH is 2. The lowest BCUT2D eigenvalue weighted by molar-refractivity contribution is -0.153. The van der Waals surface area contributed by atoms with Crippen LogP contribution < -0.4 is 5.73 Å². The van der Waals surface area contributed by atoms with Crippen LogP contribution in [0.4, 0.5) is 0 Å². The van der Waals surface area contributed by atoms with E-state index in [0.29, 0.717) is 5.56 Å². The van der Waals surface area contributed by atoms with Gasteiger partial charge in [0.2, 0.25) is 5.78 Å². The number of phenolic OH excluding ortho intramolecular Hbond substituents is 1. The van der Waals surface area contributed by atoms with Gasteiger partial charge >= 0.3 is 0 Å². The van der Waals surface area contributed by atoms with Crippen molar-refractivity contribution in [3.8, 4) is 16.9 Å². The Labute approximate surface area is 213 Å². The van der Waals surface area contributed by atoms with Crippen molar-refractivity contribution in [2.75, 3.05) is 14.1 Å². The molecule has 0 aromatic heterocycles. The molecule has 37 heavy (non-hydrogen) atoms. The van der Waals surface area contributed by atoms with Crippen LogP contribution in [-0.4, -0.2) is 68.5 Å². The van der Waals surface area contributed by atoms with Gasteiger partial charge in [-0.15, -0.1) is 0 Å². The Morgan fingerprint density at radius 1 is 1.05 bits per heavy atom. The Balaban J connectivity index is 1.74. The van der Waals surface area contributed by atoms with Crippen LogP contribution in [0.5, 0.6) is 5.75 Å². The van der Waals surface area contributed by atoms with E-state index in [1.807, 2.05) is 31.2 Å². The molecule has 0 radical (unpaired) electrons. The second-order valence-corrected chi connectivity index (χ2v) is 10.3. The molecule has 9 nitrogen and oxygen atoms in total. The van der Waals surface area contributed by atoms with E-state index in [1.165, 1.54) is 11.0 Å². The van der Waals surface area contributed by atoms with E-state index in [2.05, 4.69) is 0 Å². The number of nitrogens with two attached hydrogens (primary N) is 1. The monoisotopic (exact) mass is 504 g/mol. The van der Waals surface area contributed by atoms with E-state index in [0.717, 1.165) is 16.7 Å². The van der Waals surface area contributed by atoms with Gasteiger partial charge in [0, 0.05) is 11.5 Å². The fourth-order valence-corrected chi connectivity index (χ4v) is 6.25. The fourth-order valence-electron chi connectivity index (χ4n) is 6.25. The van der Waals surface area contributed by atoms with Gasteiger partial charge in [-0.25, -0.2) is 0 Å². The van der Waals surface area contributed by atoms with Crippen molar-refractivity contribution in [3.63, 3.8) is 0 Å². The summed E-state index contributed by atoms with van der Waals surface area (Å²) in [5.41, 5.74) is 5.13. The number of aryl methyl sites for hydroxylation is 1. The van der Waals surface area contributed by atoms with Crippen molar-refractivity contribution in [3.05, 3.63) is 70.0 Å². The summed E-state index contributed by atoms with van der Waals surface area (Å²) in [6.45, 7) is 1.96. The van der Waals surface area contributed by atoms with Crippen LogP contribution in [0, 0.1) is 18.8 Å². The van der Waals surface area contributed by atoms with E-state index in [-0.39, 0.29) is 29.7 Å². The minimum Gasteiger partial charge on any atom is -0.508 e. The zero-order chi connectivity index (χ0) is 27.0. The molecule has 0 aliphatic heterocycles. The minimum absolute atomic E-state index is 0.0504. The summed E-state index contributed by atoms with van der Waals surface area (Å²) >= 11 is 0. The Morgan fingerprint density at radius 2 is 1.70 bits per heavy atom. The fraction of sp³-hybridized carbons (Fsp3) is 0.321. The maximum Gasteiger partial charge on any atom is 0.255 e. The van der Waals surface area contributed by atoms with E-state index in [9.17, 15) is 34.8 Å². The number of hydrogen-bond acceptors (Lipinski definition) is 8. The zero-order valence-corrected chi connectivity index (χ0v) is 20.6. The van der Waals surface area contributed by atoms with Crippen LogP contribution in [0.3, 0.4) is 0 Å². The van der Waals surface area contributed by atoms with E-state index in [1.54, 1.807) is 20.2 Å². The minimum atomic E-state index is -2.64. The average molecular weight is 505 g/mol. The van der Waals surface area contributed by atoms with Crippen LogP contribution in [0.1, 0.15) is 23.1 Å². The number of carbonyl (C=O) groups is 3. The predicted octanol–water partition coefficient (Wildman–Crippen LogP) is 1.94. The van der Waals surface area contributed by atoms with Crippen molar-refractivity contribution in [1.29, 1.82) is 0 Å². The molecule has 0 saturated heterocycles. The van der Waals surface area contributed by atoms with Crippen LogP contribution in [0.15, 0.2) is 53.3 Å². The summed E-state index contributed by atoms with van der Waals surface area (Å²) in [6.07, 6.45) is 0.293. The van der Waals surface area contributed by atoms with Crippen molar-refractivity contribution in [2.24, 2.45) is 17.6 Å². The topological polar surface area (TPSA) is 161 Å². The number of carbonyl (C=O) groups excluding carboxylic acids is 3. The largest absolute Gasteiger partial charge is 0.508 e. The van der Waals surface area contributed by atoms with Gasteiger partial charge in [-0.3, -0.25) is 19.3 Å². The van der Waals surface area contributed by atoms with Gasteiger partial charge in [0.1, 0.15) is 22.8 Å². The predicted molar refractivity (Wildman–Crippen MR) is 134 cm³/mol. The molecule has 3 aliphatic carbocycles. The molecule has 9 heteroatoms. The average Bonchev–Trinajstić information content (AvgIpc) is 2.82. The summed E-state index contributed by atoms with van der Waals surface area (Å²) in [5, 5.41) is 44.6. The molecule has 1 fully saturated rings. The van der Waals surface area contributed by atoms with Crippen molar-refractivity contribution in [1.82, 2.24) is 4.90 Å². The lowest BCUT2D eigenvalue weighted by Crippen LogP contribution is -2.65. The summed E-state index contributed by atoms with van der Waals surface area (Å²) in [7, 11) is 3.14. The highest BCUT2D eigenvalue weighted by Gasteiger charge is 2.64. The maximum atomic E-state index is 13.9. The molecule has 192 valence electrons. The molecule has 0 spiro atoms. The number of phenols is 1. The molecule has 3 aliphatic rings. The van der Waals surface area contributed by atoms with Gasteiger partial charge in [-0.1, -0.05) is 35.9 Å². The third-order valence-corrected chi connectivity index (χ3v) is 7.97. The molecule has 2 aromatic rings. The van der Waals surface area contributed by atoms with E-state index < -0.39 is 58.0 Å². The van der Waals surface area contributed by atoms with Gasteiger partial charge < -0.3 is 26.2 Å². The molecule has 6 N–H and O–H groups in total. The first-order chi connectivity index (χ1) is 17.4. The van der Waals surface area contributed by atoms with Crippen LogP contribution in [0.25, 0.3) is 16.9 Å². The molecular weight excluding hydrogens is 476 g/mol. The number of ketones is 2. The molecule has 0 bridgehead atoms. The number of rotatable bonds is 3. The number of aliphatic hydroxyl groups is 3. The second kappa shape index (κ2) is 8.29. The standard InChI is InChI=1S/C28H28N2O7/c1-12-4-6-13(7-5-12)15-8-9-18(31)20-16(15)10-14-11-17-22(30(2)3)24(33)21(27(29)36)26(35)28(17,37)25(34)19(14)23(20)32/h4-9,14,17,22,31-32,35,37H,10-11H2,1-3H3,(H2,29,36)/t14-,17+,22+,28+/m1/s1. The number of primary amides is 1. The zero-order valence-electron chi connectivity index (χ0n) is 20.6. The Morgan fingerprint density at radius 3 is 2.30 bits per heavy atom. The highest BCUT2D eigenvalue weighted by molar-refractivity contribution is 6.24. The molecule has 1 amide bonds. The number of hydrogen-bond donors (Lipinski definition) is 5. The van der Waals surface area contributed by atoms with Gasteiger partial charge in [0.15, 0.2) is 11.4 Å². The van der Waals surface area contributed by atoms with Crippen molar-refractivity contribution in [2.45, 2.75) is 31.4 Å². The lowest BCUT2D eigenvalue weighted by atomic mass is 9.57. The molecule has 1 saturated carbocycles. The molecule has 4 atom stereocenters. The summed E-state index contributed by atoms with van der Waals surface area (Å²) in [4.78, 5) is 40.6. The molecule has 2 aromatic carbocycles. The molecular formula is C28H28N2O7. The first-order valence-electron chi connectivity index (χ1n) is 12.0. The van der Waals surface area contributed by atoms with Gasteiger partial charge in [-0.05, 0) is 62.5 Å². The van der Waals surface area contributed by atoms with Crippen LogP contribution >= 0.6 is 0 Å². The number of likely N-dealkylation sites (N-methyl/N-ethyl adjacent to an activating group) is 1. The number of amides is 1. The van der Waals surface area contributed by atoms with Gasteiger partial charge in [-0.2, -0.15) is 0 Å².